The SMILES string of the molecule is CCC1CCC(Nc2ncc(C(N)=O)c(CC(C)(C)C(C)(C)C)n2)CC1. The highest BCUT2D eigenvalue weighted by Crippen LogP contribution is 2.40. The van der Waals surface area contributed by atoms with E-state index >= 15 is 0 Å². The maximum Gasteiger partial charge on any atom is 0.252 e. The van der Waals surface area contributed by atoms with Crippen molar-refractivity contribution in [1.29, 1.82) is 0 Å². The summed E-state index contributed by atoms with van der Waals surface area (Å²) < 4.78 is 0. The number of hydrogen-bond donors (Lipinski definition) is 2. The first kappa shape index (κ1) is 20.7. The van der Waals surface area contributed by atoms with Crippen LogP contribution in [0.15, 0.2) is 6.20 Å². The van der Waals surface area contributed by atoms with E-state index in [-0.39, 0.29) is 10.8 Å². The molecule has 5 heteroatoms. The van der Waals surface area contributed by atoms with E-state index < -0.39 is 5.91 Å². The normalized spacial score (nSPS) is 21.5. The number of nitrogens with two attached hydrogens (primary N) is 1. The lowest BCUT2D eigenvalue weighted by Gasteiger charge is -2.39. The molecular formula is C21H36N4O. The van der Waals surface area contributed by atoms with Gasteiger partial charge in [0, 0.05) is 12.2 Å². The summed E-state index contributed by atoms with van der Waals surface area (Å²) in [5.41, 5.74) is 6.80. The second kappa shape index (κ2) is 7.93. The molecule has 1 aromatic heterocycles. The molecule has 1 fully saturated rings. The maximum absolute atomic E-state index is 11.8. The number of nitrogens with zero attached hydrogens (tertiary/aromatic N) is 2. The lowest BCUT2D eigenvalue weighted by atomic mass is 9.66. The highest BCUT2D eigenvalue weighted by Gasteiger charge is 2.34. The van der Waals surface area contributed by atoms with Crippen molar-refractivity contribution in [2.75, 3.05) is 5.32 Å². The smallest absolute Gasteiger partial charge is 0.252 e. The van der Waals surface area contributed by atoms with Gasteiger partial charge in [-0.3, -0.25) is 4.79 Å². The minimum absolute atomic E-state index is 0.0258. The molecule has 1 heterocycles. The Bertz CT molecular complexity index is 625. The van der Waals surface area contributed by atoms with Gasteiger partial charge in [-0.05, 0) is 48.9 Å². The fourth-order valence-electron chi connectivity index (χ4n) is 3.41. The first-order valence-corrected chi connectivity index (χ1v) is 9.95. The van der Waals surface area contributed by atoms with Crippen LogP contribution in [0.2, 0.25) is 0 Å². The Labute approximate surface area is 158 Å². The molecule has 1 amide bonds. The van der Waals surface area contributed by atoms with Crippen molar-refractivity contribution in [2.45, 2.75) is 86.1 Å². The van der Waals surface area contributed by atoms with Crippen molar-refractivity contribution >= 4 is 11.9 Å². The van der Waals surface area contributed by atoms with Crippen LogP contribution in [-0.2, 0) is 6.42 Å². The monoisotopic (exact) mass is 360 g/mol. The van der Waals surface area contributed by atoms with E-state index in [1.165, 1.54) is 19.3 Å². The molecule has 0 spiro atoms. The summed E-state index contributed by atoms with van der Waals surface area (Å²) in [7, 11) is 0. The zero-order valence-electron chi connectivity index (χ0n) is 17.4. The van der Waals surface area contributed by atoms with Gasteiger partial charge in [0.1, 0.15) is 0 Å². The van der Waals surface area contributed by atoms with E-state index in [9.17, 15) is 4.79 Å². The van der Waals surface area contributed by atoms with E-state index in [0.717, 1.165) is 24.5 Å². The molecule has 0 radical (unpaired) electrons. The standard InChI is InChI=1S/C21H36N4O/c1-7-14-8-10-15(11-9-14)24-19-23-13-16(18(22)26)17(25-19)12-21(5,6)20(2,3)4/h13-15H,7-12H2,1-6H3,(H2,22,26)(H,23,24,25). The second-order valence-electron chi connectivity index (χ2n) is 9.50. The molecule has 0 aliphatic heterocycles. The van der Waals surface area contributed by atoms with Crippen molar-refractivity contribution in [2.24, 2.45) is 22.5 Å². The van der Waals surface area contributed by atoms with Crippen molar-refractivity contribution in [3.63, 3.8) is 0 Å². The number of aromatic nitrogens is 2. The number of rotatable bonds is 6. The van der Waals surface area contributed by atoms with E-state index in [2.05, 4.69) is 51.8 Å². The Kier molecular flexibility index (Phi) is 6.30. The lowest BCUT2D eigenvalue weighted by Crippen LogP contribution is -2.33. The van der Waals surface area contributed by atoms with Gasteiger partial charge in [0.05, 0.1) is 11.3 Å². The molecule has 146 valence electrons. The Morgan fingerprint density at radius 3 is 2.31 bits per heavy atom. The Balaban J connectivity index is 2.19. The van der Waals surface area contributed by atoms with E-state index in [1.807, 2.05) is 0 Å². The van der Waals surface area contributed by atoms with Crippen molar-refractivity contribution in [3.05, 3.63) is 17.5 Å². The maximum atomic E-state index is 11.8. The Morgan fingerprint density at radius 1 is 1.19 bits per heavy atom. The Hall–Kier alpha value is -1.65. The van der Waals surface area contributed by atoms with E-state index in [0.29, 0.717) is 24.0 Å². The first-order valence-electron chi connectivity index (χ1n) is 9.95. The number of anilines is 1. The summed E-state index contributed by atoms with van der Waals surface area (Å²) in [5.74, 6) is 1.02. The third-order valence-electron chi connectivity index (χ3n) is 6.53. The predicted molar refractivity (Wildman–Crippen MR) is 107 cm³/mol. The summed E-state index contributed by atoms with van der Waals surface area (Å²) >= 11 is 0. The van der Waals surface area contributed by atoms with Crippen LogP contribution in [0.25, 0.3) is 0 Å². The average Bonchev–Trinajstić information content (AvgIpc) is 2.54. The number of amides is 1. The fraction of sp³-hybridized carbons (Fsp3) is 0.762. The molecular weight excluding hydrogens is 324 g/mol. The van der Waals surface area contributed by atoms with Crippen LogP contribution in [0, 0.1) is 16.7 Å². The quantitative estimate of drug-likeness (QED) is 0.778. The third kappa shape index (κ3) is 4.95. The minimum atomic E-state index is -0.459. The third-order valence-corrected chi connectivity index (χ3v) is 6.53. The molecule has 0 aromatic carbocycles. The summed E-state index contributed by atoms with van der Waals surface area (Å²) in [5, 5.41) is 3.48. The summed E-state index contributed by atoms with van der Waals surface area (Å²) in [4.78, 5) is 20.9. The van der Waals surface area contributed by atoms with Crippen LogP contribution in [0.5, 0.6) is 0 Å². The van der Waals surface area contributed by atoms with Gasteiger partial charge in [-0.2, -0.15) is 0 Å². The molecule has 0 unspecified atom stereocenters. The first-order chi connectivity index (χ1) is 12.0. The average molecular weight is 361 g/mol. The summed E-state index contributed by atoms with van der Waals surface area (Å²) in [6.45, 7) is 13.3. The summed E-state index contributed by atoms with van der Waals surface area (Å²) in [6, 6.07) is 0.417. The number of primary amides is 1. The number of carbonyl (C=O) groups is 1. The zero-order valence-corrected chi connectivity index (χ0v) is 17.4. The van der Waals surface area contributed by atoms with Gasteiger partial charge in [-0.25, -0.2) is 9.97 Å². The molecule has 1 aliphatic carbocycles. The second-order valence-corrected chi connectivity index (χ2v) is 9.50. The van der Waals surface area contributed by atoms with Crippen LogP contribution < -0.4 is 11.1 Å². The number of nitrogens with one attached hydrogen (secondary N) is 1. The highest BCUT2D eigenvalue weighted by molar-refractivity contribution is 5.93. The van der Waals surface area contributed by atoms with Crippen LogP contribution in [0.4, 0.5) is 5.95 Å². The molecule has 0 atom stereocenters. The van der Waals surface area contributed by atoms with Crippen LogP contribution in [0.3, 0.4) is 0 Å². The van der Waals surface area contributed by atoms with Gasteiger partial charge in [-0.15, -0.1) is 0 Å². The van der Waals surface area contributed by atoms with Crippen LogP contribution >= 0.6 is 0 Å². The highest BCUT2D eigenvalue weighted by atomic mass is 16.1. The van der Waals surface area contributed by atoms with E-state index in [4.69, 9.17) is 10.7 Å². The van der Waals surface area contributed by atoms with Crippen molar-refractivity contribution in [3.8, 4) is 0 Å². The molecule has 1 aromatic rings. The topological polar surface area (TPSA) is 80.9 Å². The van der Waals surface area contributed by atoms with E-state index in [1.54, 1.807) is 6.20 Å². The lowest BCUT2D eigenvalue weighted by molar-refractivity contribution is 0.0993. The molecule has 26 heavy (non-hydrogen) atoms. The van der Waals surface area contributed by atoms with Gasteiger partial charge >= 0.3 is 0 Å². The van der Waals surface area contributed by atoms with Gasteiger partial charge in [-0.1, -0.05) is 48.0 Å². The fourth-order valence-corrected chi connectivity index (χ4v) is 3.41. The molecule has 3 N–H and O–H groups in total. The van der Waals surface area contributed by atoms with Crippen molar-refractivity contribution < 1.29 is 4.79 Å². The predicted octanol–water partition coefficient (Wildman–Crippen LogP) is 4.57. The van der Waals surface area contributed by atoms with Gasteiger partial charge in [0.15, 0.2) is 0 Å². The van der Waals surface area contributed by atoms with Crippen LogP contribution in [0.1, 0.15) is 89.7 Å². The number of hydrogen-bond acceptors (Lipinski definition) is 4. The molecule has 1 saturated carbocycles. The van der Waals surface area contributed by atoms with Gasteiger partial charge in [0.2, 0.25) is 5.95 Å². The molecule has 2 rings (SSSR count). The molecule has 1 aliphatic rings. The Morgan fingerprint density at radius 2 is 1.81 bits per heavy atom. The minimum Gasteiger partial charge on any atom is -0.365 e. The molecule has 0 bridgehead atoms. The van der Waals surface area contributed by atoms with Gasteiger partial charge in [0.25, 0.3) is 5.91 Å². The summed E-state index contributed by atoms with van der Waals surface area (Å²) in [6.07, 6.45) is 8.37. The molecule has 0 saturated heterocycles. The molecule has 5 nitrogen and oxygen atoms in total. The zero-order chi connectivity index (χ0) is 19.5. The largest absolute Gasteiger partial charge is 0.365 e. The van der Waals surface area contributed by atoms with Crippen molar-refractivity contribution in [1.82, 2.24) is 9.97 Å². The van der Waals surface area contributed by atoms with Gasteiger partial charge < -0.3 is 11.1 Å². The number of carbonyl (C=O) groups excluding carboxylic acids is 1. The van der Waals surface area contributed by atoms with Crippen LogP contribution in [-0.4, -0.2) is 21.9 Å².